The molecular weight excluding hydrogens is 322 g/mol. The zero-order chi connectivity index (χ0) is 17.0. The summed E-state index contributed by atoms with van der Waals surface area (Å²) in [6.45, 7) is 7.12. The van der Waals surface area contributed by atoms with E-state index in [4.69, 9.17) is 0 Å². The van der Waals surface area contributed by atoms with Crippen LogP contribution in [0.2, 0.25) is 0 Å². The molecule has 0 spiro atoms. The molecule has 1 atom stereocenters. The van der Waals surface area contributed by atoms with Crippen molar-refractivity contribution in [1.82, 2.24) is 9.71 Å². The minimum Gasteiger partial charge on any atom is -0.310 e. The number of aromatic nitrogens is 1. The number of pyridine rings is 1. The first-order valence-corrected chi connectivity index (χ1v) is 9.73. The molecule has 0 saturated heterocycles. The van der Waals surface area contributed by atoms with Gasteiger partial charge in [0, 0.05) is 23.4 Å². The molecule has 1 aromatic rings. The predicted octanol–water partition coefficient (Wildman–Crippen LogP) is 2.10. The van der Waals surface area contributed by atoms with Crippen molar-refractivity contribution in [3.05, 3.63) is 18.3 Å². The SMILES string of the molecule is CSC[C@@H](C)C(=O)Nc1ccc(S(=O)(=O)NC(C)(C)C)cn1. The van der Waals surface area contributed by atoms with E-state index < -0.39 is 15.6 Å². The van der Waals surface area contributed by atoms with E-state index in [1.54, 1.807) is 32.5 Å². The Hall–Kier alpha value is -1.12. The fourth-order valence-corrected chi connectivity index (χ4v) is 3.66. The molecule has 124 valence electrons. The highest BCUT2D eigenvalue weighted by Crippen LogP contribution is 2.15. The van der Waals surface area contributed by atoms with Crippen molar-refractivity contribution in [3.8, 4) is 0 Å². The summed E-state index contributed by atoms with van der Waals surface area (Å²) in [5.41, 5.74) is -0.570. The molecule has 0 aliphatic rings. The van der Waals surface area contributed by atoms with Gasteiger partial charge in [0.2, 0.25) is 15.9 Å². The zero-order valence-electron chi connectivity index (χ0n) is 13.5. The van der Waals surface area contributed by atoms with Crippen LogP contribution in [0.15, 0.2) is 23.2 Å². The van der Waals surface area contributed by atoms with Gasteiger partial charge in [-0.15, -0.1) is 0 Å². The van der Waals surface area contributed by atoms with Gasteiger partial charge in [0.25, 0.3) is 0 Å². The van der Waals surface area contributed by atoms with Crippen LogP contribution in [0.1, 0.15) is 27.7 Å². The van der Waals surface area contributed by atoms with Gasteiger partial charge in [-0.25, -0.2) is 18.1 Å². The topological polar surface area (TPSA) is 88.2 Å². The lowest BCUT2D eigenvalue weighted by molar-refractivity contribution is -0.118. The molecular formula is C14H23N3O3S2. The quantitative estimate of drug-likeness (QED) is 0.824. The molecule has 0 aliphatic carbocycles. The smallest absolute Gasteiger partial charge is 0.242 e. The zero-order valence-corrected chi connectivity index (χ0v) is 15.1. The van der Waals surface area contributed by atoms with Gasteiger partial charge in [-0.1, -0.05) is 6.92 Å². The summed E-state index contributed by atoms with van der Waals surface area (Å²) in [5, 5.41) is 2.67. The Morgan fingerprint density at radius 2 is 2.00 bits per heavy atom. The molecule has 8 heteroatoms. The van der Waals surface area contributed by atoms with Gasteiger partial charge in [0.05, 0.1) is 0 Å². The van der Waals surface area contributed by atoms with Crippen LogP contribution in [0.25, 0.3) is 0 Å². The Kier molecular flexibility index (Phi) is 6.39. The molecule has 0 bridgehead atoms. The fraction of sp³-hybridized carbons (Fsp3) is 0.571. The van der Waals surface area contributed by atoms with Gasteiger partial charge in [-0.2, -0.15) is 11.8 Å². The lowest BCUT2D eigenvalue weighted by atomic mass is 10.1. The lowest BCUT2D eigenvalue weighted by Crippen LogP contribution is -2.40. The molecule has 2 N–H and O–H groups in total. The molecule has 0 radical (unpaired) electrons. The van der Waals surface area contributed by atoms with Gasteiger partial charge in [-0.3, -0.25) is 4.79 Å². The minimum absolute atomic E-state index is 0.0672. The van der Waals surface area contributed by atoms with E-state index in [1.165, 1.54) is 18.3 Å². The monoisotopic (exact) mass is 345 g/mol. The largest absolute Gasteiger partial charge is 0.310 e. The second kappa shape index (κ2) is 7.43. The number of hydrogen-bond acceptors (Lipinski definition) is 5. The summed E-state index contributed by atoms with van der Waals surface area (Å²) in [4.78, 5) is 15.9. The summed E-state index contributed by atoms with van der Waals surface area (Å²) in [6, 6.07) is 2.91. The molecule has 1 heterocycles. The third-order valence-electron chi connectivity index (χ3n) is 2.60. The van der Waals surface area contributed by atoms with Crippen LogP contribution in [-0.2, 0) is 14.8 Å². The Balaban J connectivity index is 2.81. The Labute approximate surface area is 136 Å². The maximum absolute atomic E-state index is 12.1. The van der Waals surface area contributed by atoms with E-state index in [0.717, 1.165) is 0 Å². The second-order valence-electron chi connectivity index (χ2n) is 6.08. The summed E-state index contributed by atoms with van der Waals surface area (Å²) in [6.07, 6.45) is 3.17. The highest BCUT2D eigenvalue weighted by atomic mass is 32.2. The van der Waals surface area contributed by atoms with Crippen molar-refractivity contribution < 1.29 is 13.2 Å². The summed E-state index contributed by atoms with van der Waals surface area (Å²) in [5.74, 6) is 0.786. The van der Waals surface area contributed by atoms with Crippen molar-refractivity contribution in [2.24, 2.45) is 5.92 Å². The van der Waals surface area contributed by atoms with Crippen LogP contribution in [0.5, 0.6) is 0 Å². The average molecular weight is 345 g/mol. The number of thioether (sulfide) groups is 1. The molecule has 0 unspecified atom stereocenters. The first-order valence-electron chi connectivity index (χ1n) is 6.85. The van der Waals surface area contributed by atoms with Crippen LogP contribution >= 0.6 is 11.8 Å². The van der Waals surface area contributed by atoms with Gasteiger partial charge >= 0.3 is 0 Å². The van der Waals surface area contributed by atoms with Crippen LogP contribution in [0.3, 0.4) is 0 Å². The lowest BCUT2D eigenvalue weighted by Gasteiger charge is -2.20. The molecule has 0 aliphatic heterocycles. The molecule has 0 fully saturated rings. The normalized spacial score (nSPS) is 13.7. The maximum atomic E-state index is 12.1. The molecule has 1 aromatic heterocycles. The highest BCUT2D eigenvalue weighted by molar-refractivity contribution is 7.98. The first kappa shape index (κ1) is 18.9. The van der Waals surface area contributed by atoms with Crippen LogP contribution in [-0.4, -0.2) is 36.9 Å². The van der Waals surface area contributed by atoms with Crippen molar-refractivity contribution in [3.63, 3.8) is 0 Å². The number of nitrogens with one attached hydrogen (secondary N) is 2. The van der Waals surface area contributed by atoms with Gasteiger partial charge in [0.1, 0.15) is 10.7 Å². The van der Waals surface area contributed by atoms with Crippen LogP contribution in [0.4, 0.5) is 5.82 Å². The van der Waals surface area contributed by atoms with Crippen molar-refractivity contribution in [1.29, 1.82) is 0 Å². The molecule has 1 rings (SSSR count). The summed E-state index contributed by atoms with van der Waals surface area (Å²) in [7, 11) is -3.62. The van der Waals surface area contributed by atoms with E-state index >= 15 is 0 Å². The van der Waals surface area contributed by atoms with E-state index in [1.807, 2.05) is 13.2 Å². The Morgan fingerprint density at radius 3 is 2.45 bits per heavy atom. The van der Waals surface area contributed by atoms with Crippen LogP contribution < -0.4 is 10.0 Å². The minimum atomic E-state index is -3.62. The number of hydrogen-bond donors (Lipinski definition) is 2. The molecule has 6 nitrogen and oxygen atoms in total. The maximum Gasteiger partial charge on any atom is 0.242 e. The highest BCUT2D eigenvalue weighted by Gasteiger charge is 2.22. The van der Waals surface area contributed by atoms with Crippen LogP contribution in [0, 0.1) is 5.92 Å². The standard InChI is InChI=1S/C14H23N3O3S2/c1-10(9-21-5)13(18)16-12-7-6-11(8-15-12)22(19,20)17-14(2,3)4/h6-8,10,17H,9H2,1-5H3,(H,15,16,18)/t10-/m1/s1. The Morgan fingerprint density at radius 1 is 1.36 bits per heavy atom. The first-order chi connectivity index (χ1) is 10.0. The van der Waals surface area contributed by atoms with E-state index in [0.29, 0.717) is 11.6 Å². The van der Waals surface area contributed by atoms with Crippen molar-refractivity contribution >= 4 is 33.5 Å². The number of carbonyl (C=O) groups excluding carboxylic acids is 1. The number of sulfonamides is 1. The predicted molar refractivity (Wildman–Crippen MR) is 90.5 cm³/mol. The fourth-order valence-electron chi connectivity index (χ4n) is 1.65. The number of amides is 1. The number of carbonyl (C=O) groups is 1. The second-order valence-corrected chi connectivity index (χ2v) is 8.67. The third-order valence-corrected chi connectivity index (χ3v) is 5.18. The third kappa shape index (κ3) is 5.94. The van der Waals surface area contributed by atoms with E-state index in [2.05, 4.69) is 15.0 Å². The van der Waals surface area contributed by atoms with Gasteiger partial charge < -0.3 is 5.32 Å². The van der Waals surface area contributed by atoms with Gasteiger partial charge in [0.15, 0.2) is 0 Å². The number of nitrogens with zero attached hydrogens (tertiary/aromatic N) is 1. The molecule has 0 saturated carbocycles. The number of rotatable bonds is 6. The molecule has 22 heavy (non-hydrogen) atoms. The number of anilines is 1. The van der Waals surface area contributed by atoms with E-state index in [9.17, 15) is 13.2 Å². The Bertz CT molecular complexity index is 607. The van der Waals surface area contributed by atoms with Gasteiger partial charge in [-0.05, 0) is 39.2 Å². The molecule has 0 aromatic carbocycles. The van der Waals surface area contributed by atoms with Crippen molar-refractivity contribution in [2.75, 3.05) is 17.3 Å². The molecule has 1 amide bonds. The summed E-state index contributed by atoms with van der Waals surface area (Å²) >= 11 is 1.59. The van der Waals surface area contributed by atoms with E-state index in [-0.39, 0.29) is 16.7 Å². The van der Waals surface area contributed by atoms with Crippen molar-refractivity contribution in [2.45, 2.75) is 38.1 Å². The average Bonchev–Trinajstić information content (AvgIpc) is 2.36. The summed E-state index contributed by atoms with van der Waals surface area (Å²) < 4.78 is 26.8.